The maximum absolute atomic E-state index is 6.00. The van der Waals surface area contributed by atoms with Crippen LogP contribution >= 0.6 is 11.8 Å². The van der Waals surface area contributed by atoms with Crippen LogP contribution in [-0.4, -0.2) is 7.05 Å². The molecule has 0 aliphatic rings. The van der Waals surface area contributed by atoms with E-state index in [-0.39, 0.29) is 0 Å². The molecule has 0 fully saturated rings. The standard InChI is InChI=1S/C23H26N2S/c1-16-8-10-19(11-9-16)20-12-13-23(18(3)14-20)26-15-21-17(2)6-5-7-22(21)25(4)24/h5-14H,15,24H2,1-4H3. The summed E-state index contributed by atoms with van der Waals surface area (Å²) in [6.07, 6.45) is 0. The molecule has 0 heterocycles. The summed E-state index contributed by atoms with van der Waals surface area (Å²) in [5.74, 6) is 6.91. The van der Waals surface area contributed by atoms with Crippen molar-refractivity contribution in [3.8, 4) is 11.1 Å². The number of aryl methyl sites for hydroxylation is 3. The van der Waals surface area contributed by atoms with Gasteiger partial charge in [0.25, 0.3) is 0 Å². The molecule has 0 amide bonds. The van der Waals surface area contributed by atoms with Crippen molar-refractivity contribution < 1.29 is 0 Å². The minimum Gasteiger partial charge on any atom is -0.314 e. The molecule has 0 aliphatic carbocycles. The van der Waals surface area contributed by atoms with E-state index < -0.39 is 0 Å². The van der Waals surface area contributed by atoms with Gasteiger partial charge in [0, 0.05) is 17.7 Å². The van der Waals surface area contributed by atoms with E-state index in [1.165, 1.54) is 38.3 Å². The molecule has 0 radical (unpaired) electrons. The molecule has 3 heteroatoms. The van der Waals surface area contributed by atoms with Crippen molar-refractivity contribution >= 4 is 17.4 Å². The van der Waals surface area contributed by atoms with E-state index in [9.17, 15) is 0 Å². The molecule has 2 nitrogen and oxygen atoms in total. The Morgan fingerprint density at radius 3 is 2.19 bits per heavy atom. The Morgan fingerprint density at radius 2 is 1.54 bits per heavy atom. The molecule has 3 aromatic carbocycles. The van der Waals surface area contributed by atoms with Gasteiger partial charge in [-0.2, -0.15) is 0 Å². The average molecular weight is 363 g/mol. The molecule has 134 valence electrons. The Kier molecular flexibility index (Phi) is 5.70. The number of hydrogen-bond donors (Lipinski definition) is 1. The lowest BCUT2D eigenvalue weighted by atomic mass is 10.0. The van der Waals surface area contributed by atoms with Gasteiger partial charge in [-0.3, -0.25) is 0 Å². The van der Waals surface area contributed by atoms with Gasteiger partial charge in [-0.25, -0.2) is 5.84 Å². The van der Waals surface area contributed by atoms with Crippen LogP contribution in [-0.2, 0) is 5.75 Å². The third-order valence-corrected chi connectivity index (χ3v) is 5.90. The quantitative estimate of drug-likeness (QED) is 0.349. The Hall–Kier alpha value is -2.23. The number of nitrogens with zero attached hydrogens (tertiary/aromatic N) is 1. The summed E-state index contributed by atoms with van der Waals surface area (Å²) < 4.78 is 0. The van der Waals surface area contributed by atoms with Crippen molar-refractivity contribution in [2.45, 2.75) is 31.4 Å². The molecule has 0 aliphatic heterocycles. The minimum absolute atomic E-state index is 0.911. The lowest BCUT2D eigenvalue weighted by Gasteiger charge is -2.19. The molecule has 0 spiro atoms. The first kappa shape index (κ1) is 18.6. The van der Waals surface area contributed by atoms with Crippen LogP contribution in [0.15, 0.2) is 65.6 Å². The first-order valence-corrected chi connectivity index (χ1v) is 9.81. The van der Waals surface area contributed by atoms with Gasteiger partial charge >= 0.3 is 0 Å². The average Bonchev–Trinajstić information content (AvgIpc) is 2.62. The summed E-state index contributed by atoms with van der Waals surface area (Å²) in [5, 5.41) is 1.70. The minimum atomic E-state index is 0.911. The van der Waals surface area contributed by atoms with Gasteiger partial charge < -0.3 is 5.01 Å². The van der Waals surface area contributed by atoms with Crippen LogP contribution in [0.5, 0.6) is 0 Å². The number of rotatable bonds is 5. The van der Waals surface area contributed by atoms with Gasteiger partial charge in [-0.15, -0.1) is 11.8 Å². The molecule has 3 rings (SSSR count). The number of nitrogens with two attached hydrogens (primary N) is 1. The Bertz CT molecular complexity index is 899. The first-order valence-electron chi connectivity index (χ1n) is 8.83. The molecule has 0 unspecified atom stereocenters. The molecule has 0 saturated carbocycles. The highest BCUT2D eigenvalue weighted by Crippen LogP contribution is 2.33. The molecule has 3 aromatic rings. The summed E-state index contributed by atoms with van der Waals surface area (Å²) in [6, 6.07) is 21.7. The lowest BCUT2D eigenvalue weighted by Crippen LogP contribution is -2.26. The fraction of sp³-hybridized carbons (Fsp3) is 0.217. The van der Waals surface area contributed by atoms with Crippen molar-refractivity contribution in [3.63, 3.8) is 0 Å². The predicted molar refractivity (Wildman–Crippen MR) is 115 cm³/mol. The van der Waals surface area contributed by atoms with Gasteiger partial charge in [0.1, 0.15) is 0 Å². The van der Waals surface area contributed by atoms with Crippen LogP contribution in [0.1, 0.15) is 22.3 Å². The van der Waals surface area contributed by atoms with Crippen LogP contribution in [0.25, 0.3) is 11.1 Å². The Labute approximate surface area is 161 Å². The van der Waals surface area contributed by atoms with E-state index >= 15 is 0 Å². The topological polar surface area (TPSA) is 29.3 Å². The van der Waals surface area contributed by atoms with Gasteiger partial charge in [0.2, 0.25) is 0 Å². The van der Waals surface area contributed by atoms with Gasteiger partial charge in [0.15, 0.2) is 0 Å². The third kappa shape index (κ3) is 4.12. The maximum Gasteiger partial charge on any atom is 0.0557 e. The van der Waals surface area contributed by atoms with Crippen LogP contribution in [0.2, 0.25) is 0 Å². The van der Waals surface area contributed by atoms with Gasteiger partial charge in [-0.1, -0.05) is 54.1 Å². The van der Waals surface area contributed by atoms with E-state index in [4.69, 9.17) is 5.84 Å². The molecule has 0 aromatic heterocycles. The Balaban J connectivity index is 1.81. The van der Waals surface area contributed by atoms with Crippen LogP contribution < -0.4 is 10.9 Å². The monoisotopic (exact) mass is 362 g/mol. The summed E-state index contributed by atoms with van der Waals surface area (Å²) in [6.45, 7) is 6.46. The molecule has 26 heavy (non-hydrogen) atoms. The van der Waals surface area contributed by atoms with E-state index in [1.54, 1.807) is 5.01 Å². The molecule has 0 atom stereocenters. The third-order valence-electron chi connectivity index (χ3n) is 4.70. The first-order chi connectivity index (χ1) is 12.5. The van der Waals surface area contributed by atoms with Crippen LogP contribution in [0.4, 0.5) is 5.69 Å². The van der Waals surface area contributed by atoms with Crippen molar-refractivity contribution in [2.75, 3.05) is 12.1 Å². The van der Waals surface area contributed by atoms with Crippen molar-refractivity contribution in [1.82, 2.24) is 0 Å². The fourth-order valence-electron chi connectivity index (χ4n) is 3.09. The second kappa shape index (κ2) is 7.98. The second-order valence-electron chi connectivity index (χ2n) is 6.82. The Morgan fingerprint density at radius 1 is 0.846 bits per heavy atom. The maximum atomic E-state index is 6.00. The summed E-state index contributed by atoms with van der Waals surface area (Å²) in [7, 11) is 1.89. The number of hydrazine groups is 1. The molecule has 0 bridgehead atoms. The van der Waals surface area contributed by atoms with Gasteiger partial charge in [0.05, 0.1) is 5.69 Å². The lowest BCUT2D eigenvalue weighted by molar-refractivity contribution is 1.00. The van der Waals surface area contributed by atoms with Crippen molar-refractivity contribution in [2.24, 2.45) is 5.84 Å². The SMILES string of the molecule is Cc1ccc(-c2ccc(SCc3c(C)cccc3N(C)N)c(C)c2)cc1. The predicted octanol–water partition coefficient (Wildman–Crippen LogP) is 5.88. The summed E-state index contributed by atoms with van der Waals surface area (Å²) >= 11 is 1.87. The normalized spacial score (nSPS) is 10.8. The zero-order chi connectivity index (χ0) is 18.7. The zero-order valence-electron chi connectivity index (χ0n) is 15.9. The van der Waals surface area contributed by atoms with E-state index in [0.29, 0.717) is 0 Å². The van der Waals surface area contributed by atoms with Crippen LogP contribution in [0, 0.1) is 20.8 Å². The molecule has 0 saturated heterocycles. The summed E-state index contributed by atoms with van der Waals surface area (Å²) in [4.78, 5) is 1.31. The zero-order valence-corrected chi connectivity index (χ0v) is 16.7. The summed E-state index contributed by atoms with van der Waals surface area (Å²) in [5.41, 5.74) is 8.80. The van der Waals surface area contributed by atoms with Gasteiger partial charge in [-0.05, 0) is 60.7 Å². The van der Waals surface area contributed by atoms with E-state index in [2.05, 4.69) is 81.4 Å². The number of anilines is 1. The van der Waals surface area contributed by atoms with E-state index in [0.717, 1.165) is 11.4 Å². The highest BCUT2D eigenvalue weighted by atomic mass is 32.2. The van der Waals surface area contributed by atoms with Crippen molar-refractivity contribution in [1.29, 1.82) is 0 Å². The number of thioether (sulfide) groups is 1. The second-order valence-corrected chi connectivity index (χ2v) is 7.84. The largest absolute Gasteiger partial charge is 0.314 e. The fourth-order valence-corrected chi connectivity index (χ4v) is 4.22. The highest BCUT2D eigenvalue weighted by Gasteiger charge is 2.10. The smallest absolute Gasteiger partial charge is 0.0557 e. The molecular weight excluding hydrogens is 336 g/mol. The molecular formula is C23H26N2S. The van der Waals surface area contributed by atoms with Crippen LogP contribution in [0.3, 0.4) is 0 Å². The molecule has 2 N–H and O–H groups in total. The van der Waals surface area contributed by atoms with Crippen molar-refractivity contribution in [3.05, 3.63) is 82.9 Å². The number of benzene rings is 3. The highest BCUT2D eigenvalue weighted by molar-refractivity contribution is 7.98. The number of hydrogen-bond acceptors (Lipinski definition) is 3. The van der Waals surface area contributed by atoms with E-state index in [1.807, 2.05) is 18.8 Å².